The number of aromatic nitrogens is 1. The zero-order valence-corrected chi connectivity index (χ0v) is 20.0. The standard InChI is InChI=1S/C28H26N2O6/c1-3-14-36-22-8-4-7-21(15-22)25(31)23-24(19-9-11-20(12-10-19)28(34)35-2)30(27(33)26(23)32)17-18-6-5-13-29-16-18/h4-13,15-16,24,31H,3,14,17H2,1-2H3/b25-23+. The van der Waals surface area contributed by atoms with Crippen LogP contribution in [0.4, 0.5) is 0 Å². The van der Waals surface area contributed by atoms with Crippen molar-refractivity contribution in [2.45, 2.75) is 25.9 Å². The highest BCUT2D eigenvalue weighted by atomic mass is 16.5. The van der Waals surface area contributed by atoms with E-state index in [0.29, 0.717) is 29.0 Å². The van der Waals surface area contributed by atoms with E-state index in [1.54, 1.807) is 73.1 Å². The third-order valence-electron chi connectivity index (χ3n) is 5.84. The van der Waals surface area contributed by atoms with Gasteiger partial charge in [-0.05, 0) is 47.9 Å². The summed E-state index contributed by atoms with van der Waals surface area (Å²) in [7, 11) is 1.29. The van der Waals surface area contributed by atoms with Gasteiger partial charge in [-0.25, -0.2) is 4.79 Å². The molecule has 8 heteroatoms. The minimum Gasteiger partial charge on any atom is -0.507 e. The number of likely N-dealkylation sites (tertiary alicyclic amines) is 1. The minimum absolute atomic E-state index is 0.0395. The number of nitrogens with zero attached hydrogens (tertiary/aromatic N) is 2. The molecule has 8 nitrogen and oxygen atoms in total. The Kier molecular flexibility index (Phi) is 7.44. The van der Waals surface area contributed by atoms with Gasteiger partial charge in [0.05, 0.1) is 30.9 Å². The summed E-state index contributed by atoms with van der Waals surface area (Å²) in [6.07, 6.45) is 4.05. The molecule has 184 valence electrons. The number of ether oxygens (including phenoxy) is 2. The second-order valence-electron chi connectivity index (χ2n) is 8.28. The van der Waals surface area contributed by atoms with Crippen LogP contribution in [0.25, 0.3) is 5.76 Å². The molecule has 1 aromatic heterocycles. The van der Waals surface area contributed by atoms with Gasteiger partial charge in [-0.1, -0.05) is 37.3 Å². The molecule has 0 aliphatic carbocycles. The van der Waals surface area contributed by atoms with E-state index in [2.05, 4.69) is 4.98 Å². The molecule has 0 radical (unpaired) electrons. The molecule has 0 saturated carbocycles. The van der Waals surface area contributed by atoms with Crippen molar-refractivity contribution >= 4 is 23.4 Å². The van der Waals surface area contributed by atoms with E-state index in [1.165, 1.54) is 12.0 Å². The summed E-state index contributed by atoms with van der Waals surface area (Å²) in [6, 6.07) is 15.8. The summed E-state index contributed by atoms with van der Waals surface area (Å²) in [4.78, 5) is 43.8. The number of aliphatic hydroxyl groups excluding tert-OH is 1. The van der Waals surface area contributed by atoms with Crippen LogP contribution in [0.1, 0.15) is 46.4 Å². The largest absolute Gasteiger partial charge is 0.507 e. The third-order valence-corrected chi connectivity index (χ3v) is 5.84. The van der Waals surface area contributed by atoms with Crippen molar-refractivity contribution in [3.63, 3.8) is 0 Å². The van der Waals surface area contributed by atoms with Crippen LogP contribution in [0.3, 0.4) is 0 Å². The van der Waals surface area contributed by atoms with Gasteiger partial charge in [0.2, 0.25) is 0 Å². The van der Waals surface area contributed by atoms with Gasteiger partial charge >= 0.3 is 5.97 Å². The number of ketones is 1. The Morgan fingerprint density at radius 1 is 1.06 bits per heavy atom. The number of aliphatic hydroxyl groups is 1. The number of amides is 1. The number of benzene rings is 2. The topological polar surface area (TPSA) is 106 Å². The first-order valence-corrected chi connectivity index (χ1v) is 11.5. The Balaban J connectivity index is 1.82. The zero-order valence-electron chi connectivity index (χ0n) is 20.0. The molecule has 1 aliphatic rings. The van der Waals surface area contributed by atoms with E-state index in [4.69, 9.17) is 9.47 Å². The number of carbonyl (C=O) groups is 3. The third kappa shape index (κ3) is 4.98. The lowest BCUT2D eigenvalue weighted by atomic mass is 9.94. The van der Waals surface area contributed by atoms with Crippen molar-refractivity contribution in [2.24, 2.45) is 0 Å². The molecule has 1 saturated heterocycles. The molecule has 3 aromatic rings. The van der Waals surface area contributed by atoms with E-state index >= 15 is 0 Å². The van der Waals surface area contributed by atoms with Gasteiger partial charge < -0.3 is 19.5 Å². The van der Waals surface area contributed by atoms with Gasteiger partial charge in [0.25, 0.3) is 11.7 Å². The quantitative estimate of drug-likeness (QED) is 0.219. The normalized spacial score (nSPS) is 16.7. The van der Waals surface area contributed by atoms with Gasteiger partial charge in [0.1, 0.15) is 11.5 Å². The van der Waals surface area contributed by atoms with Gasteiger partial charge in [-0.3, -0.25) is 14.6 Å². The molecule has 1 N–H and O–H groups in total. The lowest BCUT2D eigenvalue weighted by Gasteiger charge is -2.25. The highest BCUT2D eigenvalue weighted by Crippen LogP contribution is 2.40. The molecule has 2 aromatic carbocycles. The molecule has 36 heavy (non-hydrogen) atoms. The maximum absolute atomic E-state index is 13.3. The SMILES string of the molecule is CCCOc1cccc(/C(O)=C2\C(=O)C(=O)N(Cc3cccnc3)C2c2ccc(C(=O)OC)cc2)c1. The number of Topliss-reactive ketones (excluding diaryl/α,β-unsaturated/α-hetero) is 1. The molecular weight excluding hydrogens is 460 g/mol. The number of hydrogen-bond donors (Lipinski definition) is 1. The summed E-state index contributed by atoms with van der Waals surface area (Å²) < 4.78 is 10.4. The van der Waals surface area contributed by atoms with Crippen molar-refractivity contribution < 1.29 is 29.0 Å². The molecule has 0 spiro atoms. The Labute approximate surface area is 208 Å². The van der Waals surface area contributed by atoms with Crippen LogP contribution >= 0.6 is 0 Å². The van der Waals surface area contributed by atoms with Crippen molar-refractivity contribution in [3.05, 3.63) is 101 Å². The summed E-state index contributed by atoms with van der Waals surface area (Å²) in [6.45, 7) is 2.60. The molecule has 1 atom stereocenters. The van der Waals surface area contributed by atoms with E-state index < -0.39 is 23.7 Å². The van der Waals surface area contributed by atoms with Crippen molar-refractivity contribution in [2.75, 3.05) is 13.7 Å². The van der Waals surface area contributed by atoms with Crippen LogP contribution in [0.2, 0.25) is 0 Å². The summed E-state index contributed by atoms with van der Waals surface area (Å²) in [5.41, 5.74) is 1.93. The summed E-state index contributed by atoms with van der Waals surface area (Å²) in [5, 5.41) is 11.3. The van der Waals surface area contributed by atoms with E-state index in [-0.39, 0.29) is 17.9 Å². The number of pyridine rings is 1. The first-order chi connectivity index (χ1) is 17.4. The smallest absolute Gasteiger partial charge is 0.337 e. The van der Waals surface area contributed by atoms with Crippen LogP contribution in [-0.4, -0.2) is 46.4 Å². The number of hydrogen-bond acceptors (Lipinski definition) is 7. The predicted molar refractivity (Wildman–Crippen MR) is 132 cm³/mol. The fraction of sp³-hybridized carbons (Fsp3) is 0.214. The first kappa shape index (κ1) is 24.7. The molecule has 4 rings (SSSR count). The maximum Gasteiger partial charge on any atom is 0.337 e. The Bertz CT molecular complexity index is 1300. The second-order valence-corrected chi connectivity index (χ2v) is 8.28. The Morgan fingerprint density at radius 3 is 2.50 bits per heavy atom. The first-order valence-electron chi connectivity index (χ1n) is 11.5. The maximum atomic E-state index is 13.3. The lowest BCUT2D eigenvalue weighted by Crippen LogP contribution is -2.29. The van der Waals surface area contributed by atoms with Crippen LogP contribution in [-0.2, 0) is 20.9 Å². The lowest BCUT2D eigenvalue weighted by molar-refractivity contribution is -0.140. The van der Waals surface area contributed by atoms with Crippen molar-refractivity contribution in [3.8, 4) is 5.75 Å². The summed E-state index contributed by atoms with van der Waals surface area (Å²) in [5.74, 6) is -1.79. The minimum atomic E-state index is -0.878. The average molecular weight is 487 g/mol. The van der Waals surface area contributed by atoms with Crippen LogP contribution < -0.4 is 4.74 Å². The van der Waals surface area contributed by atoms with Crippen LogP contribution in [0.5, 0.6) is 5.75 Å². The van der Waals surface area contributed by atoms with E-state index in [9.17, 15) is 19.5 Å². The van der Waals surface area contributed by atoms with Gasteiger partial charge in [-0.15, -0.1) is 0 Å². The number of carbonyl (C=O) groups excluding carboxylic acids is 3. The highest BCUT2D eigenvalue weighted by Gasteiger charge is 2.46. The van der Waals surface area contributed by atoms with E-state index in [1.807, 2.05) is 6.92 Å². The molecule has 1 fully saturated rings. The average Bonchev–Trinajstić information content (AvgIpc) is 3.16. The fourth-order valence-electron chi connectivity index (χ4n) is 4.11. The molecule has 1 aliphatic heterocycles. The Morgan fingerprint density at radius 2 is 1.83 bits per heavy atom. The molecule has 1 amide bonds. The second kappa shape index (κ2) is 10.9. The molecule has 2 heterocycles. The number of esters is 1. The van der Waals surface area contributed by atoms with Crippen LogP contribution in [0.15, 0.2) is 78.6 Å². The van der Waals surface area contributed by atoms with Crippen molar-refractivity contribution in [1.82, 2.24) is 9.88 Å². The monoisotopic (exact) mass is 486 g/mol. The fourth-order valence-corrected chi connectivity index (χ4v) is 4.11. The predicted octanol–water partition coefficient (Wildman–Crippen LogP) is 4.28. The van der Waals surface area contributed by atoms with E-state index in [0.717, 1.165) is 12.0 Å². The van der Waals surface area contributed by atoms with Crippen molar-refractivity contribution in [1.29, 1.82) is 0 Å². The molecular formula is C28H26N2O6. The van der Waals surface area contributed by atoms with Gasteiger partial charge in [0.15, 0.2) is 0 Å². The summed E-state index contributed by atoms with van der Waals surface area (Å²) >= 11 is 0. The van der Waals surface area contributed by atoms with Gasteiger partial charge in [0, 0.05) is 24.5 Å². The van der Waals surface area contributed by atoms with Gasteiger partial charge in [-0.2, -0.15) is 0 Å². The van der Waals surface area contributed by atoms with Crippen LogP contribution in [0, 0.1) is 0 Å². The number of rotatable bonds is 8. The molecule has 1 unspecified atom stereocenters. The zero-order chi connectivity index (χ0) is 25.7. The Hall–Kier alpha value is -4.46. The highest BCUT2D eigenvalue weighted by molar-refractivity contribution is 6.46. The molecule has 0 bridgehead atoms. The number of methoxy groups -OCH3 is 1.